The maximum Gasteiger partial charge on any atom is 0.410 e. The molecule has 4 unspecified atom stereocenters. The number of aromatic carboxylic acids is 1. The largest absolute Gasteiger partial charge is 0.496 e. The first-order valence-electron chi connectivity index (χ1n) is 35.2. The molecule has 7 atom stereocenters. The Morgan fingerprint density at radius 1 is 0.817 bits per heavy atom. The number of hydrogen-bond donors (Lipinski definition) is 5. The topological polar surface area (TPSA) is 350 Å². The fourth-order valence-corrected chi connectivity index (χ4v) is 16.3. The van der Waals surface area contributed by atoms with E-state index in [1.807, 2.05) is 40.8 Å². The minimum atomic E-state index is -1.24. The van der Waals surface area contributed by atoms with Crippen LogP contribution in [0.1, 0.15) is 121 Å². The van der Waals surface area contributed by atoms with Crippen LogP contribution in [-0.4, -0.2) is 204 Å². The number of aliphatic hydroxyl groups excluding tert-OH is 1. The van der Waals surface area contributed by atoms with Gasteiger partial charge in [0.2, 0.25) is 18.1 Å². The van der Waals surface area contributed by atoms with Crippen molar-refractivity contribution in [1.29, 1.82) is 0 Å². The fraction of sp³-hybridized carbons (Fsp3) is 0.500. The molecule has 104 heavy (non-hydrogen) atoms. The molecule has 6 aromatic rings. The Balaban J connectivity index is 0.729. The van der Waals surface area contributed by atoms with Gasteiger partial charge in [-0.3, -0.25) is 38.9 Å². The zero-order valence-corrected chi connectivity index (χ0v) is 59.8. The summed E-state index contributed by atoms with van der Waals surface area (Å²) in [4.78, 5) is 119. The summed E-state index contributed by atoms with van der Waals surface area (Å²) in [5.41, 5.74) is 2.09. The van der Waals surface area contributed by atoms with Crippen LogP contribution in [0.2, 0.25) is 0 Å². The lowest BCUT2D eigenvalue weighted by Crippen LogP contribution is -2.62. The van der Waals surface area contributed by atoms with E-state index in [0.29, 0.717) is 103 Å². The second-order valence-electron chi connectivity index (χ2n) is 27.5. The number of ether oxygens (including phenoxy) is 9. The Kier molecular flexibility index (Phi) is 23.2. The molecule has 3 fully saturated rings. The summed E-state index contributed by atoms with van der Waals surface area (Å²) in [6.45, 7) is 7.87. The molecule has 5 aliphatic heterocycles. The summed E-state index contributed by atoms with van der Waals surface area (Å²) >= 11 is 1.38. The van der Waals surface area contributed by atoms with Gasteiger partial charge in [0.15, 0.2) is 16.9 Å². The van der Waals surface area contributed by atoms with E-state index in [1.165, 1.54) is 16.2 Å². The molecule has 3 aromatic heterocycles. The lowest BCUT2D eigenvalue weighted by Gasteiger charge is -2.59. The third kappa shape index (κ3) is 17.3. The number of thiazole rings is 1. The Morgan fingerprint density at radius 3 is 2.39 bits per heavy atom. The number of aromatic nitrogens is 4. The normalized spacial score (nSPS) is 23.4. The van der Waals surface area contributed by atoms with E-state index in [0.717, 1.165) is 38.4 Å². The van der Waals surface area contributed by atoms with Gasteiger partial charge in [0, 0.05) is 143 Å². The number of carbonyl (C=O) groups is 8. The Bertz CT molecular complexity index is 4190. The van der Waals surface area contributed by atoms with E-state index in [-0.39, 0.29) is 140 Å². The van der Waals surface area contributed by atoms with Gasteiger partial charge in [-0.05, 0) is 111 Å². The number of aliphatic hydroxyl groups is 1. The number of benzene rings is 3. The smallest absolute Gasteiger partial charge is 0.410 e. The van der Waals surface area contributed by atoms with Crippen LogP contribution in [0.5, 0.6) is 17.2 Å². The summed E-state index contributed by atoms with van der Waals surface area (Å²) < 4.78 is 58.8. The van der Waals surface area contributed by atoms with Crippen molar-refractivity contribution >= 4 is 80.1 Å². The van der Waals surface area contributed by atoms with Crippen molar-refractivity contribution in [2.75, 3.05) is 96.7 Å². The second kappa shape index (κ2) is 32.6. The molecule has 0 spiro atoms. The number of hydrogen-bond acceptors (Lipinski definition) is 23. The van der Waals surface area contributed by atoms with Gasteiger partial charge >= 0.3 is 18.0 Å². The quantitative estimate of drug-likeness (QED) is 0.0213. The van der Waals surface area contributed by atoms with E-state index in [4.69, 9.17) is 52.7 Å². The Hall–Kier alpha value is -9.59. The summed E-state index contributed by atoms with van der Waals surface area (Å²) in [6, 6.07) is 19.6. The monoisotopic (exact) mass is 1450 g/mol. The van der Waals surface area contributed by atoms with Crippen molar-refractivity contribution in [3.05, 3.63) is 119 Å². The molecular weight excluding hydrogens is 1360 g/mol. The highest BCUT2D eigenvalue weighted by atomic mass is 32.1. The Labute approximate surface area is 604 Å². The molecule has 6 amide bonds. The number of pyridine rings is 1. The number of amides is 6. The molecule has 0 radical (unpaired) electrons. The maximum absolute atomic E-state index is 15.0. The van der Waals surface area contributed by atoms with Crippen LogP contribution in [0.15, 0.2) is 85.1 Å². The predicted octanol–water partition coefficient (Wildman–Crippen LogP) is 7.31. The van der Waals surface area contributed by atoms with Gasteiger partial charge in [-0.15, -0.1) is 0 Å². The lowest BCUT2D eigenvalue weighted by atomic mass is 9.53. The highest BCUT2D eigenvalue weighted by Gasteiger charge is 2.61. The van der Waals surface area contributed by atoms with Crippen LogP contribution in [0.25, 0.3) is 21.3 Å². The number of anilines is 2. The summed E-state index contributed by atoms with van der Waals surface area (Å²) in [7, 11) is 3.13. The first-order valence-corrected chi connectivity index (χ1v) is 36.0. The van der Waals surface area contributed by atoms with Crippen LogP contribution in [0.4, 0.5) is 15.7 Å². The number of imide groups is 1. The summed E-state index contributed by atoms with van der Waals surface area (Å²) in [5.74, 6) is -2.31. The van der Waals surface area contributed by atoms with Gasteiger partial charge < -0.3 is 73.3 Å². The van der Waals surface area contributed by atoms with Crippen LogP contribution in [0.3, 0.4) is 0 Å². The minimum Gasteiger partial charge on any atom is -0.496 e. The van der Waals surface area contributed by atoms with Crippen molar-refractivity contribution in [3.63, 3.8) is 0 Å². The van der Waals surface area contributed by atoms with Crippen molar-refractivity contribution in [3.8, 4) is 28.4 Å². The molecule has 3 aromatic carbocycles. The molecule has 2 aliphatic carbocycles. The predicted molar refractivity (Wildman–Crippen MR) is 377 cm³/mol. The number of methoxy groups -OCH3 is 2. The molecular formula is C74H88N10O19S. The van der Waals surface area contributed by atoms with Crippen molar-refractivity contribution < 1.29 is 91.2 Å². The SMILES string of the molecule is CCC1(Cn2ncc(-c3ccc(N4CCc5c(OC)ccc(C(=O)Nc6nc7ccccc7s6)c5C4)nc3C(=O)O)c2C)CC23CC(C)CC(C1)(C2)OC(=O)[C@@H]1C[C@H](O)C[C@H](Oc2ccc(c(OCCOCCNC(=O)CCNC(=O)CCN4C(=O)C=CC4=O)c2)COC(=O)N(CCOC)CCO3)O1. The van der Waals surface area contributed by atoms with E-state index < -0.39 is 70.9 Å². The van der Waals surface area contributed by atoms with Gasteiger partial charge in [0.25, 0.3) is 17.7 Å². The third-order valence-corrected chi connectivity index (χ3v) is 21.1. The molecule has 6 bridgehead atoms. The van der Waals surface area contributed by atoms with E-state index in [1.54, 1.807) is 62.9 Å². The fourth-order valence-electron chi connectivity index (χ4n) is 15.5. The van der Waals surface area contributed by atoms with Gasteiger partial charge in [0.05, 0.1) is 61.7 Å². The molecule has 29 nitrogen and oxygen atoms in total. The zero-order valence-electron chi connectivity index (χ0n) is 58.9. The molecule has 30 heteroatoms. The highest BCUT2D eigenvalue weighted by molar-refractivity contribution is 7.22. The minimum absolute atomic E-state index is 0.00796. The number of para-hydroxylation sites is 1. The zero-order chi connectivity index (χ0) is 73.3. The number of esters is 1. The molecule has 554 valence electrons. The number of nitrogens with one attached hydrogen (secondary N) is 3. The average Bonchev–Trinajstić information content (AvgIpc) is 0.810. The van der Waals surface area contributed by atoms with Gasteiger partial charge in [-0.2, -0.15) is 5.10 Å². The molecule has 1 saturated heterocycles. The van der Waals surface area contributed by atoms with Crippen LogP contribution in [-0.2, 0) is 78.5 Å². The van der Waals surface area contributed by atoms with Crippen LogP contribution in [0, 0.1) is 18.3 Å². The Morgan fingerprint density at radius 2 is 1.61 bits per heavy atom. The van der Waals surface area contributed by atoms with Gasteiger partial charge in [-0.1, -0.05) is 37.3 Å². The molecule has 2 saturated carbocycles. The van der Waals surface area contributed by atoms with E-state index >= 15 is 0 Å². The maximum atomic E-state index is 15.0. The molecule has 13 rings (SSSR count). The summed E-state index contributed by atoms with van der Waals surface area (Å²) in [5, 5.41) is 36.1. The number of carboxylic acids is 1. The summed E-state index contributed by atoms with van der Waals surface area (Å²) in [6.07, 6.45) is 3.27. The van der Waals surface area contributed by atoms with Crippen molar-refractivity contribution in [1.82, 2.24) is 40.2 Å². The van der Waals surface area contributed by atoms with Crippen LogP contribution < -0.4 is 35.1 Å². The number of rotatable bonds is 25. The standard InChI is InChI=1S/C74H88N10O19S/c1-6-72(44-84-46(3)53(38-77-84)51-14-16-60(79-66(51)68(91)92)82-24-20-50-54(39-82)52(13-15-56(50)96-5)67(90)80-70-78-55-9-7-8-10-59(55)104-70)41-73-36-45(2)37-74(42-72,43-73)103-69(93)58-33-48(85)34-65(102-58)101-49-12-11-47(40-99-71(94)81(26-29-95-4)27-30-100-73)57(35-49)98-32-31-97-28-23-76-61(86)19-22-75-62(87)21-25-83-63(88)17-18-64(83)89/h7-18,35,38,45,48,58,65,85H,6,19-34,36-37,39-44H2,1-5H3,(H,75,87)(H,76,86)(H,91,92)(H,78,80,90)/t45?,48-,58-,65+,72?,73?,74?/m0/s1. The third-order valence-electron chi connectivity index (χ3n) is 20.2. The van der Waals surface area contributed by atoms with E-state index in [9.17, 15) is 48.6 Å². The van der Waals surface area contributed by atoms with Crippen LogP contribution >= 0.6 is 11.3 Å². The lowest BCUT2D eigenvalue weighted by molar-refractivity contribution is -0.244. The molecule has 7 aliphatic rings. The highest BCUT2D eigenvalue weighted by Crippen LogP contribution is 2.59. The van der Waals surface area contributed by atoms with Crippen molar-refractivity contribution in [2.24, 2.45) is 11.3 Å². The number of carboxylic acid groups (broad SMARTS) is 1. The number of fused-ring (bicyclic) bond motifs is 11. The van der Waals surface area contributed by atoms with Gasteiger partial charge in [-0.25, -0.2) is 24.4 Å². The first-order chi connectivity index (χ1) is 50.1. The molecule has 5 N–H and O–H groups in total. The second-order valence-corrected chi connectivity index (χ2v) is 28.5. The van der Waals surface area contributed by atoms with Gasteiger partial charge in [0.1, 0.15) is 41.9 Å². The van der Waals surface area contributed by atoms with Crippen molar-refractivity contribution in [2.45, 2.75) is 141 Å². The van der Waals surface area contributed by atoms with E-state index in [2.05, 4.69) is 34.8 Å². The number of carbonyl (C=O) groups excluding carboxylic acids is 7. The first kappa shape index (κ1) is 74.1. The number of nitrogens with zero attached hydrogens (tertiary/aromatic N) is 7. The average molecular weight is 1450 g/mol. The molecule has 8 heterocycles.